The van der Waals surface area contributed by atoms with Crippen LogP contribution in [-0.4, -0.2) is 44.2 Å². The van der Waals surface area contributed by atoms with Crippen molar-refractivity contribution < 1.29 is 9.53 Å². The molecule has 1 aliphatic rings. The van der Waals surface area contributed by atoms with E-state index < -0.39 is 0 Å². The second-order valence-electron chi connectivity index (χ2n) is 4.36. The van der Waals surface area contributed by atoms with Crippen molar-refractivity contribution in [1.82, 2.24) is 4.90 Å². The van der Waals surface area contributed by atoms with Crippen molar-refractivity contribution in [1.29, 1.82) is 0 Å². The minimum absolute atomic E-state index is 0. The lowest BCUT2D eigenvalue weighted by atomic mass is 9.97. The SMILES string of the molecule is COCC1CCN(C(=O)C(C)CN)CC1.Cl. The summed E-state index contributed by atoms with van der Waals surface area (Å²) in [6.07, 6.45) is 2.10. The minimum atomic E-state index is -0.0380. The van der Waals surface area contributed by atoms with Gasteiger partial charge in [-0.25, -0.2) is 0 Å². The van der Waals surface area contributed by atoms with E-state index in [0.717, 1.165) is 32.5 Å². The molecule has 0 aromatic heterocycles. The summed E-state index contributed by atoms with van der Waals surface area (Å²) in [6, 6.07) is 0. The van der Waals surface area contributed by atoms with Crippen LogP contribution in [0.4, 0.5) is 0 Å². The van der Waals surface area contributed by atoms with E-state index >= 15 is 0 Å². The molecule has 4 nitrogen and oxygen atoms in total. The number of halogens is 1. The van der Waals surface area contributed by atoms with E-state index in [9.17, 15) is 4.79 Å². The Kier molecular flexibility index (Phi) is 7.72. The molecule has 1 saturated heterocycles. The molecule has 1 unspecified atom stereocenters. The molecule has 0 bridgehead atoms. The van der Waals surface area contributed by atoms with Gasteiger partial charge in [0, 0.05) is 39.3 Å². The predicted molar refractivity (Wildman–Crippen MR) is 66.6 cm³/mol. The van der Waals surface area contributed by atoms with Crippen LogP contribution in [0.3, 0.4) is 0 Å². The van der Waals surface area contributed by atoms with Gasteiger partial charge in [0.25, 0.3) is 0 Å². The smallest absolute Gasteiger partial charge is 0.226 e. The first-order chi connectivity index (χ1) is 7.19. The number of hydrogen-bond acceptors (Lipinski definition) is 3. The zero-order chi connectivity index (χ0) is 11.3. The number of amides is 1. The van der Waals surface area contributed by atoms with Gasteiger partial charge in [-0.2, -0.15) is 0 Å². The number of nitrogens with zero attached hydrogens (tertiary/aromatic N) is 1. The molecular formula is C11H23ClN2O2. The van der Waals surface area contributed by atoms with E-state index in [1.54, 1.807) is 7.11 Å². The van der Waals surface area contributed by atoms with Gasteiger partial charge in [-0.1, -0.05) is 6.92 Å². The largest absolute Gasteiger partial charge is 0.384 e. The quantitative estimate of drug-likeness (QED) is 0.806. The third-order valence-electron chi connectivity index (χ3n) is 3.10. The first-order valence-corrected chi connectivity index (χ1v) is 5.66. The summed E-state index contributed by atoms with van der Waals surface area (Å²) in [5, 5.41) is 0. The van der Waals surface area contributed by atoms with Crippen LogP contribution in [-0.2, 0) is 9.53 Å². The van der Waals surface area contributed by atoms with E-state index in [1.807, 2.05) is 11.8 Å². The van der Waals surface area contributed by atoms with Gasteiger partial charge in [0.1, 0.15) is 0 Å². The Labute approximate surface area is 104 Å². The third kappa shape index (κ3) is 4.28. The highest BCUT2D eigenvalue weighted by molar-refractivity contribution is 5.85. The van der Waals surface area contributed by atoms with Crippen molar-refractivity contribution in [3.8, 4) is 0 Å². The van der Waals surface area contributed by atoms with Crippen molar-refractivity contribution in [2.45, 2.75) is 19.8 Å². The van der Waals surface area contributed by atoms with Gasteiger partial charge >= 0.3 is 0 Å². The number of hydrogen-bond donors (Lipinski definition) is 1. The monoisotopic (exact) mass is 250 g/mol. The highest BCUT2D eigenvalue weighted by Crippen LogP contribution is 2.18. The molecule has 0 radical (unpaired) electrons. The fourth-order valence-corrected chi connectivity index (χ4v) is 1.97. The lowest BCUT2D eigenvalue weighted by molar-refractivity contribution is -0.136. The molecule has 1 fully saturated rings. The standard InChI is InChI=1S/C11H22N2O2.ClH/c1-9(7-12)11(14)13-5-3-10(4-6-13)8-15-2;/h9-10H,3-8,12H2,1-2H3;1H. The van der Waals surface area contributed by atoms with Gasteiger partial charge in [-0.3, -0.25) is 4.79 Å². The van der Waals surface area contributed by atoms with Crippen LogP contribution in [0.25, 0.3) is 0 Å². The molecule has 16 heavy (non-hydrogen) atoms. The number of carbonyl (C=O) groups is 1. The van der Waals surface area contributed by atoms with Gasteiger partial charge in [-0.05, 0) is 18.8 Å². The van der Waals surface area contributed by atoms with Gasteiger partial charge in [0.15, 0.2) is 0 Å². The molecule has 1 amide bonds. The molecule has 1 atom stereocenters. The molecule has 5 heteroatoms. The molecule has 0 saturated carbocycles. The Morgan fingerprint density at radius 2 is 2.06 bits per heavy atom. The van der Waals surface area contributed by atoms with Crippen molar-refractivity contribution in [2.24, 2.45) is 17.6 Å². The molecule has 2 N–H and O–H groups in total. The van der Waals surface area contributed by atoms with E-state index in [4.69, 9.17) is 10.5 Å². The van der Waals surface area contributed by atoms with Crippen molar-refractivity contribution in [3.63, 3.8) is 0 Å². The van der Waals surface area contributed by atoms with Crippen LogP contribution in [0.5, 0.6) is 0 Å². The average Bonchev–Trinajstić information content (AvgIpc) is 2.28. The van der Waals surface area contributed by atoms with E-state index in [0.29, 0.717) is 12.5 Å². The Morgan fingerprint density at radius 3 is 2.50 bits per heavy atom. The summed E-state index contributed by atoms with van der Waals surface area (Å²) in [5.41, 5.74) is 5.49. The number of rotatable bonds is 4. The summed E-state index contributed by atoms with van der Waals surface area (Å²) in [5.74, 6) is 0.782. The number of nitrogens with two attached hydrogens (primary N) is 1. The van der Waals surface area contributed by atoms with Crippen LogP contribution in [0.15, 0.2) is 0 Å². The van der Waals surface area contributed by atoms with Crippen molar-refractivity contribution in [3.05, 3.63) is 0 Å². The molecule has 0 spiro atoms. The summed E-state index contributed by atoms with van der Waals surface area (Å²) < 4.78 is 5.12. The molecule has 1 aliphatic heterocycles. The number of likely N-dealkylation sites (tertiary alicyclic amines) is 1. The van der Waals surface area contributed by atoms with Crippen LogP contribution < -0.4 is 5.73 Å². The van der Waals surface area contributed by atoms with Crippen molar-refractivity contribution in [2.75, 3.05) is 33.4 Å². The Hall–Kier alpha value is -0.320. The molecule has 1 heterocycles. The summed E-state index contributed by atoms with van der Waals surface area (Å²) in [4.78, 5) is 13.7. The molecule has 96 valence electrons. The highest BCUT2D eigenvalue weighted by atomic mass is 35.5. The summed E-state index contributed by atoms with van der Waals surface area (Å²) in [7, 11) is 1.73. The Balaban J connectivity index is 0.00000225. The zero-order valence-electron chi connectivity index (χ0n) is 10.1. The molecule has 0 aliphatic carbocycles. The number of ether oxygens (including phenoxy) is 1. The lowest BCUT2D eigenvalue weighted by Crippen LogP contribution is -2.43. The maximum Gasteiger partial charge on any atom is 0.226 e. The summed E-state index contributed by atoms with van der Waals surface area (Å²) >= 11 is 0. The van der Waals surface area contributed by atoms with Crippen LogP contribution in [0, 0.1) is 11.8 Å². The molecule has 0 aromatic carbocycles. The van der Waals surface area contributed by atoms with E-state index in [-0.39, 0.29) is 24.2 Å². The molecular weight excluding hydrogens is 228 g/mol. The highest BCUT2D eigenvalue weighted by Gasteiger charge is 2.24. The van der Waals surface area contributed by atoms with Gasteiger partial charge in [0.05, 0.1) is 0 Å². The van der Waals surface area contributed by atoms with Crippen LogP contribution in [0.1, 0.15) is 19.8 Å². The lowest BCUT2D eigenvalue weighted by Gasteiger charge is -2.33. The van der Waals surface area contributed by atoms with Gasteiger partial charge < -0.3 is 15.4 Å². The molecule has 0 aromatic rings. The number of methoxy groups -OCH3 is 1. The number of piperidine rings is 1. The fraction of sp³-hybridized carbons (Fsp3) is 0.909. The minimum Gasteiger partial charge on any atom is -0.384 e. The summed E-state index contributed by atoms with van der Waals surface area (Å²) in [6.45, 7) is 4.86. The van der Waals surface area contributed by atoms with E-state index in [2.05, 4.69) is 0 Å². The van der Waals surface area contributed by atoms with Crippen LogP contribution in [0.2, 0.25) is 0 Å². The zero-order valence-corrected chi connectivity index (χ0v) is 11.0. The fourth-order valence-electron chi connectivity index (χ4n) is 1.97. The normalized spacial score (nSPS) is 19.1. The maximum absolute atomic E-state index is 11.8. The number of carbonyl (C=O) groups excluding carboxylic acids is 1. The molecule has 1 rings (SSSR count). The second kappa shape index (κ2) is 7.87. The first-order valence-electron chi connectivity index (χ1n) is 5.66. The predicted octanol–water partition coefficient (Wildman–Crippen LogP) is 0.888. The average molecular weight is 251 g/mol. The Bertz CT molecular complexity index is 206. The second-order valence-corrected chi connectivity index (χ2v) is 4.36. The third-order valence-corrected chi connectivity index (χ3v) is 3.10. The Morgan fingerprint density at radius 1 is 1.50 bits per heavy atom. The van der Waals surface area contributed by atoms with Gasteiger partial charge in [0.2, 0.25) is 5.91 Å². The van der Waals surface area contributed by atoms with E-state index in [1.165, 1.54) is 0 Å². The van der Waals surface area contributed by atoms with Crippen molar-refractivity contribution >= 4 is 18.3 Å². The van der Waals surface area contributed by atoms with Crippen LogP contribution >= 0.6 is 12.4 Å². The maximum atomic E-state index is 11.8. The van der Waals surface area contributed by atoms with Gasteiger partial charge in [-0.15, -0.1) is 12.4 Å². The topological polar surface area (TPSA) is 55.6 Å². The first kappa shape index (κ1) is 15.7.